The van der Waals surface area contributed by atoms with Crippen LogP contribution >= 0.6 is 0 Å². The molecule has 0 N–H and O–H groups in total. The molecule has 0 radical (unpaired) electrons. The molecule has 0 amide bonds. The molecule has 2 unspecified atom stereocenters. The zero-order valence-electron chi connectivity index (χ0n) is 9.08. The molecule has 0 aromatic rings. The van der Waals surface area contributed by atoms with E-state index in [1.165, 1.54) is 12.5 Å². The average Bonchev–Trinajstić information content (AvgIpc) is 2.01. The molecule has 3 heteroatoms. The van der Waals surface area contributed by atoms with Gasteiger partial charge in [-0.1, -0.05) is 5.57 Å². The van der Waals surface area contributed by atoms with Crippen molar-refractivity contribution in [3.63, 3.8) is 0 Å². The molecular weight excluding hydrogens is 180 g/mol. The van der Waals surface area contributed by atoms with Gasteiger partial charge in [-0.25, -0.2) is 0 Å². The third-order valence-corrected chi connectivity index (χ3v) is 2.22. The van der Waals surface area contributed by atoms with E-state index in [-0.39, 0.29) is 18.2 Å². The zero-order chi connectivity index (χ0) is 10.6. The Morgan fingerprint density at radius 3 is 2.57 bits per heavy atom. The van der Waals surface area contributed by atoms with Crippen LogP contribution in [-0.4, -0.2) is 24.8 Å². The molecule has 14 heavy (non-hydrogen) atoms. The third-order valence-electron chi connectivity index (χ3n) is 2.22. The van der Waals surface area contributed by atoms with Crippen LogP contribution in [0.25, 0.3) is 0 Å². The number of esters is 1. The van der Waals surface area contributed by atoms with Gasteiger partial charge in [0.1, 0.15) is 6.61 Å². The molecular formula is C11H18O3. The second-order valence-electron chi connectivity index (χ2n) is 3.83. The Morgan fingerprint density at radius 2 is 2.07 bits per heavy atom. The van der Waals surface area contributed by atoms with Crippen LogP contribution in [0.2, 0.25) is 0 Å². The standard InChI is InChI=1S/C11H18O3/c1-8-6-11(7-9(2)14-8)4-5-13-10(3)12/h4,8-9H,5-7H2,1-3H3. The van der Waals surface area contributed by atoms with Gasteiger partial charge in [0.2, 0.25) is 0 Å². The minimum absolute atomic E-state index is 0.227. The Kier molecular flexibility index (Phi) is 4.14. The van der Waals surface area contributed by atoms with Gasteiger partial charge in [-0.05, 0) is 32.8 Å². The second kappa shape index (κ2) is 5.15. The van der Waals surface area contributed by atoms with Gasteiger partial charge >= 0.3 is 5.97 Å². The van der Waals surface area contributed by atoms with Gasteiger partial charge in [-0.3, -0.25) is 4.79 Å². The van der Waals surface area contributed by atoms with Gasteiger partial charge in [0, 0.05) is 6.92 Å². The normalized spacial score (nSPS) is 27.2. The van der Waals surface area contributed by atoms with Gasteiger partial charge in [0.05, 0.1) is 12.2 Å². The molecule has 2 atom stereocenters. The van der Waals surface area contributed by atoms with Crippen LogP contribution in [0, 0.1) is 0 Å². The Hall–Kier alpha value is -0.830. The Bertz CT molecular complexity index is 221. The quantitative estimate of drug-likeness (QED) is 0.503. The molecule has 0 aromatic carbocycles. The highest BCUT2D eigenvalue weighted by Crippen LogP contribution is 2.23. The first-order chi connectivity index (χ1) is 6.58. The molecule has 80 valence electrons. The highest BCUT2D eigenvalue weighted by molar-refractivity contribution is 5.66. The predicted octanol–water partition coefficient (Wildman–Crippen LogP) is 2.06. The van der Waals surface area contributed by atoms with E-state index in [4.69, 9.17) is 9.47 Å². The first-order valence-electron chi connectivity index (χ1n) is 5.04. The zero-order valence-corrected chi connectivity index (χ0v) is 9.08. The molecule has 0 aliphatic carbocycles. The summed E-state index contributed by atoms with van der Waals surface area (Å²) < 4.78 is 10.5. The summed E-state index contributed by atoms with van der Waals surface area (Å²) >= 11 is 0. The van der Waals surface area contributed by atoms with E-state index >= 15 is 0 Å². The Labute approximate surface area is 85.1 Å². The fraction of sp³-hybridized carbons (Fsp3) is 0.727. The summed E-state index contributed by atoms with van der Waals surface area (Å²) in [6.45, 7) is 5.95. The van der Waals surface area contributed by atoms with Crippen LogP contribution in [0.5, 0.6) is 0 Å². The minimum atomic E-state index is -0.227. The lowest BCUT2D eigenvalue weighted by Crippen LogP contribution is -2.24. The molecule has 1 aliphatic heterocycles. The van der Waals surface area contributed by atoms with Crippen molar-refractivity contribution >= 4 is 5.97 Å². The lowest BCUT2D eigenvalue weighted by atomic mass is 9.99. The van der Waals surface area contributed by atoms with Crippen LogP contribution in [0.1, 0.15) is 33.6 Å². The summed E-state index contributed by atoms with van der Waals surface area (Å²) in [5.74, 6) is -0.227. The molecule has 0 saturated carbocycles. The smallest absolute Gasteiger partial charge is 0.302 e. The minimum Gasteiger partial charge on any atom is -0.462 e. The van der Waals surface area contributed by atoms with Crippen molar-refractivity contribution in [3.05, 3.63) is 11.6 Å². The van der Waals surface area contributed by atoms with Crippen molar-refractivity contribution in [1.29, 1.82) is 0 Å². The summed E-state index contributed by atoms with van der Waals surface area (Å²) in [5.41, 5.74) is 1.33. The number of hydrogen-bond acceptors (Lipinski definition) is 3. The predicted molar refractivity (Wildman–Crippen MR) is 54.0 cm³/mol. The van der Waals surface area contributed by atoms with Gasteiger partial charge in [-0.2, -0.15) is 0 Å². The number of carbonyl (C=O) groups is 1. The number of hydrogen-bond donors (Lipinski definition) is 0. The fourth-order valence-electron chi connectivity index (χ4n) is 1.76. The van der Waals surface area contributed by atoms with Crippen LogP contribution < -0.4 is 0 Å². The summed E-state index contributed by atoms with van der Waals surface area (Å²) in [6.07, 6.45) is 4.46. The molecule has 3 nitrogen and oxygen atoms in total. The Morgan fingerprint density at radius 1 is 1.50 bits per heavy atom. The van der Waals surface area contributed by atoms with Crippen LogP contribution in [0.15, 0.2) is 11.6 Å². The maximum atomic E-state index is 10.5. The van der Waals surface area contributed by atoms with E-state index in [9.17, 15) is 4.79 Å². The first-order valence-corrected chi connectivity index (χ1v) is 5.04. The summed E-state index contributed by atoms with van der Waals surface area (Å²) in [5, 5.41) is 0. The van der Waals surface area contributed by atoms with E-state index in [1.807, 2.05) is 6.08 Å². The van der Waals surface area contributed by atoms with E-state index in [2.05, 4.69) is 13.8 Å². The molecule has 0 bridgehead atoms. The van der Waals surface area contributed by atoms with Crippen LogP contribution in [0.3, 0.4) is 0 Å². The Balaban J connectivity index is 2.38. The molecule has 1 saturated heterocycles. The topological polar surface area (TPSA) is 35.5 Å². The molecule has 1 rings (SSSR count). The van der Waals surface area contributed by atoms with E-state index in [0.717, 1.165) is 12.8 Å². The molecule has 0 spiro atoms. The van der Waals surface area contributed by atoms with Crippen molar-refractivity contribution in [2.75, 3.05) is 6.61 Å². The highest BCUT2D eigenvalue weighted by Gasteiger charge is 2.18. The van der Waals surface area contributed by atoms with Gasteiger partial charge in [-0.15, -0.1) is 0 Å². The lowest BCUT2D eigenvalue weighted by molar-refractivity contribution is -0.139. The van der Waals surface area contributed by atoms with Gasteiger partial charge < -0.3 is 9.47 Å². The summed E-state index contributed by atoms with van der Waals surface area (Å²) in [4.78, 5) is 10.5. The average molecular weight is 198 g/mol. The highest BCUT2D eigenvalue weighted by atomic mass is 16.5. The van der Waals surface area contributed by atoms with E-state index in [0.29, 0.717) is 6.61 Å². The van der Waals surface area contributed by atoms with Crippen molar-refractivity contribution < 1.29 is 14.3 Å². The molecule has 1 fully saturated rings. The summed E-state index contributed by atoms with van der Waals surface area (Å²) in [6, 6.07) is 0. The van der Waals surface area contributed by atoms with Gasteiger partial charge in [0.25, 0.3) is 0 Å². The SMILES string of the molecule is CC(=O)OCC=C1CC(C)OC(C)C1. The first kappa shape index (κ1) is 11.2. The molecule has 1 heterocycles. The van der Waals surface area contributed by atoms with Crippen molar-refractivity contribution in [2.24, 2.45) is 0 Å². The van der Waals surface area contributed by atoms with Crippen LogP contribution in [-0.2, 0) is 14.3 Å². The maximum absolute atomic E-state index is 10.5. The second-order valence-corrected chi connectivity index (χ2v) is 3.83. The van der Waals surface area contributed by atoms with E-state index in [1.54, 1.807) is 0 Å². The number of carbonyl (C=O) groups excluding carboxylic acids is 1. The number of ether oxygens (including phenoxy) is 2. The lowest BCUT2D eigenvalue weighted by Gasteiger charge is -2.27. The van der Waals surface area contributed by atoms with Crippen molar-refractivity contribution in [1.82, 2.24) is 0 Å². The maximum Gasteiger partial charge on any atom is 0.302 e. The molecule has 1 aliphatic rings. The monoisotopic (exact) mass is 198 g/mol. The molecule has 0 aromatic heterocycles. The van der Waals surface area contributed by atoms with Crippen molar-refractivity contribution in [3.8, 4) is 0 Å². The van der Waals surface area contributed by atoms with Crippen LogP contribution in [0.4, 0.5) is 0 Å². The largest absolute Gasteiger partial charge is 0.462 e. The van der Waals surface area contributed by atoms with Crippen molar-refractivity contribution in [2.45, 2.75) is 45.8 Å². The number of rotatable bonds is 2. The van der Waals surface area contributed by atoms with E-state index < -0.39 is 0 Å². The third kappa shape index (κ3) is 3.92. The van der Waals surface area contributed by atoms with Gasteiger partial charge in [0.15, 0.2) is 0 Å². The summed E-state index contributed by atoms with van der Waals surface area (Å²) in [7, 11) is 0. The fourth-order valence-corrected chi connectivity index (χ4v) is 1.76.